The second kappa shape index (κ2) is 8.61. The lowest BCUT2D eigenvalue weighted by atomic mass is 10.0. The lowest BCUT2D eigenvalue weighted by molar-refractivity contribution is 0.0408. The minimum Gasteiger partial charge on any atom is -0.454 e. The van der Waals surface area contributed by atoms with Crippen LogP contribution in [0.4, 0.5) is 0 Å². The van der Waals surface area contributed by atoms with Gasteiger partial charge in [0, 0.05) is 23.6 Å². The molecule has 3 aromatic rings. The summed E-state index contributed by atoms with van der Waals surface area (Å²) < 4.78 is 10.8. The Bertz CT molecular complexity index is 1130. The maximum Gasteiger partial charge on any atom is 0.264 e. The molecule has 0 saturated heterocycles. The number of carbonyl (C=O) groups excluding carboxylic acids is 1. The van der Waals surface area contributed by atoms with Crippen molar-refractivity contribution in [2.75, 3.05) is 13.3 Å². The number of amides is 1. The summed E-state index contributed by atoms with van der Waals surface area (Å²) in [5, 5.41) is 6.80. The second-order valence-corrected chi connectivity index (χ2v) is 8.65. The third-order valence-corrected chi connectivity index (χ3v) is 6.43. The van der Waals surface area contributed by atoms with Crippen LogP contribution in [0.2, 0.25) is 5.02 Å². The molecule has 2 aliphatic rings. The first-order valence-corrected chi connectivity index (χ1v) is 11.1. The van der Waals surface area contributed by atoms with Gasteiger partial charge in [0.05, 0.1) is 17.1 Å². The molecule has 1 unspecified atom stereocenters. The highest BCUT2D eigenvalue weighted by atomic mass is 35.5. The summed E-state index contributed by atoms with van der Waals surface area (Å²) in [6, 6.07) is 17.0. The monoisotopic (exact) mass is 454 g/mol. The molecule has 3 heterocycles. The van der Waals surface area contributed by atoms with E-state index in [2.05, 4.69) is 5.16 Å². The molecule has 2 aromatic carbocycles. The van der Waals surface area contributed by atoms with Crippen LogP contribution in [-0.4, -0.2) is 36.0 Å². The summed E-state index contributed by atoms with van der Waals surface area (Å²) in [5.41, 5.74) is 2.64. The van der Waals surface area contributed by atoms with Crippen molar-refractivity contribution in [2.45, 2.75) is 19.1 Å². The fraction of sp³-hybridized carbons (Fsp3) is 0.217. The zero-order valence-corrected chi connectivity index (χ0v) is 18.1. The molecule has 158 valence electrons. The van der Waals surface area contributed by atoms with Crippen molar-refractivity contribution in [1.82, 2.24) is 4.90 Å². The Hall–Kier alpha value is -3.03. The quantitative estimate of drug-likeness (QED) is 0.528. The number of ether oxygens (including phenoxy) is 2. The standard InChI is InChI=1S/C23H19ClN2O4S/c24-18-5-2-1-4-16(18)12-26(23(27)22-6-3-9-31-22)13-17-11-19(25-30-17)15-7-8-20-21(10-15)29-14-28-20/h1-10,17H,11-14H2. The van der Waals surface area contributed by atoms with E-state index in [0.717, 1.165) is 22.6 Å². The van der Waals surface area contributed by atoms with Crippen LogP contribution in [-0.2, 0) is 11.4 Å². The maximum absolute atomic E-state index is 13.2. The number of carbonyl (C=O) groups is 1. The molecule has 0 bridgehead atoms. The van der Waals surface area contributed by atoms with Crippen LogP contribution in [0, 0.1) is 0 Å². The van der Waals surface area contributed by atoms with E-state index in [1.165, 1.54) is 11.3 Å². The van der Waals surface area contributed by atoms with Crippen LogP contribution in [0.25, 0.3) is 0 Å². The molecule has 2 aliphatic heterocycles. The summed E-state index contributed by atoms with van der Waals surface area (Å²) in [7, 11) is 0. The van der Waals surface area contributed by atoms with E-state index in [4.69, 9.17) is 25.9 Å². The van der Waals surface area contributed by atoms with Gasteiger partial charge in [0.2, 0.25) is 6.79 Å². The molecule has 5 rings (SSSR count). The fourth-order valence-corrected chi connectivity index (χ4v) is 4.51. The SMILES string of the molecule is O=C(c1cccs1)N(Cc1ccccc1Cl)CC1CC(c2ccc3c(c2)OCO3)=NO1. The molecular weight excluding hydrogens is 436 g/mol. The number of hydrogen-bond donors (Lipinski definition) is 0. The highest BCUT2D eigenvalue weighted by Crippen LogP contribution is 2.34. The van der Waals surface area contributed by atoms with Gasteiger partial charge in [0.25, 0.3) is 5.91 Å². The van der Waals surface area contributed by atoms with Gasteiger partial charge in [-0.2, -0.15) is 0 Å². The van der Waals surface area contributed by atoms with Crippen molar-refractivity contribution in [3.8, 4) is 11.5 Å². The highest BCUT2D eigenvalue weighted by Gasteiger charge is 2.29. The first-order valence-electron chi connectivity index (χ1n) is 9.86. The number of hydrogen-bond acceptors (Lipinski definition) is 6. The normalized spacial score (nSPS) is 16.7. The molecule has 0 saturated carbocycles. The number of halogens is 1. The topological polar surface area (TPSA) is 60.4 Å². The van der Waals surface area contributed by atoms with Gasteiger partial charge < -0.3 is 19.2 Å². The Morgan fingerprint density at radius 1 is 1.13 bits per heavy atom. The second-order valence-electron chi connectivity index (χ2n) is 7.29. The van der Waals surface area contributed by atoms with E-state index in [-0.39, 0.29) is 18.8 Å². The fourth-order valence-electron chi connectivity index (χ4n) is 3.63. The largest absolute Gasteiger partial charge is 0.454 e. The first-order chi connectivity index (χ1) is 15.2. The molecule has 31 heavy (non-hydrogen) atoms. The van der Waals surface area contributed by atoms with E-state index in [1.54, 1.807) is 4.90 Å². The minimum absolute atomic E-state index is 0.0463. The molecule has 8 heteroatoms. The Kier molecular flexibility index (Phi) is 5.53. The average Bonchev–Trinajstić information content (AvgIpc) is 3.55. The third-order valence-electron chi connectivity index (χ3n) is 5.20. The molecule has 1 amide bonds. The van der Waals surface area contributed by atoms with E-state index in [1.807, 2.05) is 60.0 Å². The number of oxime groups is 1. The molecular formula is C23H19ClN2O4S. The number of benzene rings is 2. The predicted octanol–water partition coefficient (Wildman–Crippen LogP) is 4.97. The van der Waals surface area contributed by atoms with Crippen LogP contribution in [0.3, 0.4) is 0 Å². The summed E-state index contributed by atoms with van der Waals surface area (Å²) in [6.07, 6.45) is 0.350. The van der Waals surface area contributed by atoms with Gasteiger partial charge in [-0.25, -0.2) is 0 Å². The van der Waals surface area contributed by atoms with Gasteiger partial charge in [-0.15, -0.1) is 11.3 Å². The van der Waals surface area contributed by atoms with Gasteiger partial charge in [0.1, 0.15) is 0 Å². The van der Waals surface area contributed by atoms with Gasteiger partial charge in [-0.05, 0) is 41.3 Å². The maximum atomic E-state index is 13.2. The highest BCUT2D eigenvalue weighted by molar-refractivity contribution is 7.12. The van der Waals surface area contributed by atoms with Crippen LogP contribution in [0.15, 0.2) is 65.1 Å². The van der Waals surface area contributed by atoms with Crippen LogP contribution in [0.5, 0.6) is 11.5 Å². The molecule has 1 aromatic heterocycles. The van der Waals surface area contributed by atoms with E-state index < -0.39 is 0 Å². The smallest absolute Gasteiger partial charge is 0.264 e. The molecule has 0 spiro atoms. The molecule has 0 fully saturated rings. The Morgan fingerprint density at radius 2 is 2.00 bits per heavy atom. The first kappa shape index (κ1) is 19.9. The molecule has 0 N–H and O–H groups in total. The molecule has 0 radical (unpaired) electrons. The van der Waals surface area contributed by atoms with Gasteiger partial charge in [0.15, 0.2) is 17.6 Å². The summed E-state index contributed by atoms with van der Waals surface area (Å²) in [4.78, 5) is 21.3. The number of rotatable bonds is 6. The van der Waals surface area contributed by atoms with E-state index in [9.17, 15) is 4.79 Å². The molecule has 0 aliphatic carbocycles. The molecule has 6 nitrogen and oxygen atoms in total. The van der Waals surface area contributed by atoms with Crippen LogP contribution < -0.4 is 9.47 Å². The van der Waals surface area contributed by atoms with Crippen molar-refractivity contribution < 1.29 is 19.1 Å². The number of thiophene rings is 1. The Labute approximate surface area is 188 Å². The Morgan fingerprint density at radius 3 is 2.84 bits per heavy atom. The van der Waals surface area contributed by atoms with Crippen molar-refractivity contribution in [1.29, 1.82) is 0 Å². The summed E-state index contributed by atoms with van der Waals surface area (Å²) >= 11 is 7.77. The number of nitrogens with zero attached hydrogens (tertiary/aromatic N) is 2. The number of fused-ring (bicyclic) bond motifs is 1. The lowest BCUT2D eigenvalue weighted by Gasteiger charge is -2.25. The predicted molar refractivity (Wildman–Crippen MR) is 119 cm³/mol. The Balaban J connectivity index is 1.31. The third kappa shape index (κ3) is 4.24. The zero-order valence-electron chi connectivity index (χ0n) is 16.5. The van der Waals surface area contributed by atoms with E-state index >= 15 is 0 Å². The van der Waals surface area contributed by atoms with Crippen molar-refractivity contribution in [2.24, 2.45) is 5.16 Å². The van der Waals surface area contributed by atoms with Gasteiger partial charge in [-0.3, -0.25) is 4.79 Å². The van der Waals surface area contributed by atoms with E-state index in [0.29, 0.717) is 35.2 Å². The van der Waals surface area contributed by atoms with Crippen molar-refractivity contribution in [3.63, 3.8) is 0 Å². The van der Waals surface area contributed by atoms with Crippen molar-refractivity contribution >= 4 is 34.6 Å². The van der Waals surface area contributed by atoms with Crippen LogP contribution in [0.1, 0.15) is 27.2 Å². The van der Waals surface area contributed by atoms with Gasteiger partial charge >= 0.3 is 0 Å². The molecule has 1 atom stereocenters. The minimum atomic E-state index is -0.244. The zero-order chi connectivity index (χ0) is 21.2. The van der Waals surface area contributed by atoms with Crippen molar-refractivity contribution in [3.05, 3.63) is 81.0 Å². The average molecular weight is 455 g/mol. The lowest BCUT2D eigenvalue weighted by Crippen LogP contribution is -2.37. The van der Waals surface area contributed by atoms with Gasteiger partial charge in [-0.1, -0.05) is 41.0 Å². The van der Waals surface area contributed by atoms with Crippen LogP contribution >= 0.6 is 22.9 Å². The summed E-state index contributed by atoms with van der Waals surface area (Å²) in [6.45, 7) is 1.03. The summed E-state index contributed by atoms with van der Waals surface area (Å²) in [5.74, 6) is 1.39.